The van der Waals surface area contributed by atoms with Gasteiger partial charge >= 0.3 is 0 Å². The van der Waals surface area contributed by atoms with Crippen molar-refractivity contribution < 1.29 is 17.9 Å². The molecular weight excluding hydrogens is 376 g/mol. The molecule has 0 saturated heterocycles. The first-order valence-electron chi connectivity index (χ1n) is 9.33. The Morgan fingerprint density at radius 3 is 2.36 bits per heavy atom. The average molecular weight is 405 g/mol. The number of hydrogen-bond acceptors (Lipinski definition) is 4. The maximum atomic E-state index is 12.5. The van der Waals surface area contributed by atoms with Crippen molar-refractivity contribution in [2.75, 3.05) is 11.3 Å². The molecule has 0 bridgehead atoms. The van der Waals surface area contributed by atoms with E-state index < -0.39 is 10.0 Å². The Balaban J connectivity index is 1.97. The largest absolute Gasteiger partial charge is 0.484 e. The number of anilines is 1. The lowest BCUT2D eigenvalue weighted by molar-refractivity contribution is -0.123. The molecule has 1 atom stereocenters. The average Bonchev–Trinajstić information content (AvgIpc) is 2.63. The van der Waals surface area contributed by atoms with Crippen LogP contribution < -0.4 is 14.8 Å². The van der Waals surface area contributed by atoms with Crippen LogP contribution >= 0.6 is 0 Å². The minimum Gasteiger partial charge on any atom is -0.484 e. The maximum Gasteiger partial charge on any atom is 0.261 e. The van der Waals surface area contributed by atoms with E-state index in [0.29, 0.717) is 11.4 Å². The van der Waals surface area contributed by atoms with Crippen molar-refractivity contribution in [1.29, 1.82) is 0 Å². The summed E-state index contributed by atoms with van der Waals surface area (Å²) in [6.07, 6.45) is 1.90. The number of carbonyl (C=O) groups excluding carboxylic acids is 1. The highest BCUT2D eigenvalue weighted by atomic mass is 32.2. The third kappa shape index (κ3) is 6.27. The molecule has 2 N–H and O–H groups in total. The van der Waals surface area contributed by atoms with E-state index in [2.05, 4.69) is 17.0 Å². The maximum absolute atomic E-state index is 12.5. The fourth-order valence-corrected chi connectivity index (χ4v) is 3.75. The second kappa shape index (κ2) is 9.59. The van der Waals surface area contributed by atoms with Crippen LogP contribution in [-0.4, -0.2) is 27.0 Å². The molecule has 0 fully saturated rings. The molecule has 0 heterocycles. The summed E-state index contributed by atoms with van der Waals surface area (Å²) in [6, 6.07) is 11.5. The van der Waals surface area contributed by atoms with Crippen LogP contribution in [0.3, 0.4) is 0 Å². The predicted octanol–water partition coefficient (Wildman–Crippen LogP) is 3.79. The van der Waals surface area contributed by atoms with E-state index in [9.17, 15) is 13.2 Å². The Morgan fingerprint density at radius 2 is 1.75 bits per heavy atom. The molecule has 0 aliphatic carbocycles. The van der Waals surface area contributed by atoms with Gasteiger partial charge < -0.3 is 10.1 Å². The van der Waals surface area contributed by atoms with Crippen molar-refractivity contribution in [2.24, 2.45) is 0 Å². The zero-order valence-electron chi connectivity index (χ0n) is 16.8. The molecule has 0 aliphatic heterocycles. The van der Waals surface area contributed by atoms with E-state index in [-0.39, 0.29) is 23.5 Å². The molecule has 0 unspecified atom stereocenters. The van der Waals surface area contributed by atoms with Gasteiger partial charge in [-0.25, -0.2) is 8.42 Å². The van der Waals surface area contributed by atoms with E-state index in [4.69, 9.17) is 4.74 Å². The van der Waals surface area contributed by atoms with Gasteiger partial charge in [-0.2, -0.15) is 0 Å². The summed E-state index contributed by atoms with van der Waals surface area (Å²) >= 11 is 0. The van der Waals surface area contributed by atoms with E-state index >= 15 is 0 Å². The zero-order valence-corrected chi connectivity index (χ0v) is 17.6. The number of amides is 1. The van der Waals surface area contributed by atoms with E-state index in [0.717, 1.165) is 24.0 Å². The highest BCUT2D eigenvalue weighted by Crippen LogP contribution is 2.21. The van der Waals surface area contributed by atoms with Crippen LogP contribution in [0.25, 0.3) is 0 Å². The lowest BCUT2D eigenvalue weighted by Crippen LogP contribution is -2.35. The number of ether oxygens (including phenoxy) is 1. The van der Waals surface area contributed by atoms with E-state index in [1.54, 1.807) is 12.1 Å². The van der Waals surface area contributed by atoms with Crippen LogP contribution in [0.15, 0.2) is 47.4 Å². The summed E-state index contributed by atoms with van der Waals surface area (Å²) in [7, 11) is -3.70. The van der Waals surface area contributed by atoms with Crippen LogP contribution in [0.4, 0.5) is 5.69 Å². The lowest BCUT2D eigenvalue weighted by atomic mass is 10.1. The van der Waals surface area contributed by atoms with Crippen LogP contribution in [0, 0.1) is 13.8 Å². The van der Waals surface area contributed by atoms with Gasteiger partial charge in [0.25, 0.3) is 15.9 Å². The summed E-state index contributed by atoms with van der Waals surface area (Å²) in [5.41, 5.74) is 2.62. The van der Waals surface area contributed by atoms with E-state index in [1.807, 2.05) is 26.8 Å². The topological polar surface area (TPSA) is 84.5 Å². The molecule has 2 rings (SSSR count). The van der Waals surface area contributed by atoms with Crippen molar-refractivity contribution in [3.8, 4) is 5.75 Å². The van der Waals surface area contributed by atoms with Crippen molar-refractivity contribution >= 4 is 21.6 Å². The molecular formula is C21H28N2O4S. The Morgan fingerprint density at radius 1 is 1.07 bits per heavy atom. The van der Waals surface area contributed by atoms with Crippen LogP contribution in [0.1, 0.15) is 37.8 Å². The molecule has 0 radical (unpaired) electrons. The van der Waals surface area contributed by atoms with Gasteiger partial charge in [0.1, 0.15) is 5.75 Å². The summed E-state index contributed by atoms with van der Waals surface area (Å²) in [4.78, 5) is 12.0. The smallest absolute Gasteiger partial charge is 0.261 e. The minimum atomic E-state index is -3.70. The van der Waals surface area contributed by atoms with Crippen molar-refractivity contribution in [1.82, 2.24) is 5.32 Å². The number of hydrogen-bond donors (Lipinski definition) is 2. The van der Waals surface area contributed by atoms with Gasteiger partial charge in [-0.15, -0.1) is 0 Å². The third-order valence-corrected chi connectivity index (χ3v) is 5.79. The first-order valence-corrected chi connectivity index (χ1v) is 10.8. The van der Waals surface area contributed by atoms with Crippen molar-refractivity contribution in [3.05, 3.63) is 53.6 Å². The SMILES string of the molecule is CCC[C@@H](C)NC(=O)COc1ccc(S(=O)(=O)Nc2ccc(C)c(C)c2)cc1. The van der Waals surface area contributed by atoms with Crippen LogP contribution in [-0.2, 0) is 14.8 Å². The highest BCUT2D eigenvalue weighted by Gasteiger charge is 2.15. The molecule has 0 aliphatic rings. The normalized spacial score (nSPS) is 12.3. The highest BCUT2D eigenvalue weighted by molar-refractivity contribution is 7.92. The Bertz CT molecular complexity index is 909. The Kier molecular flexibility index (Phi) is 7.45. The molecule has 0 spiro atoms. The number of carbonyl (C=O) groups is 1. The van der Waals surface area contributed by atoms with Gasteiger partial charge in [-0.05, 0) is 74.7 Å². The molecule has 0 saturated carbocycles. The summed E-state index contributed by atoms with van der Waals surface area (Å²) in [6.45, 7) is 7.80. The van der Waals surface area contributed by atoms with Gasteiger partial charge in [0.05, 0.1) is 4.90 Å². The lowest BCUT2D eigenvalue weighted by Gasteiger charge is -2.13. The molecule has 6 nitrogen and oxygen atoms in total. The number of nitrogens with one attached hydrogen (secondary N) is 2. The number of benzene rings is 2. The standard InChI is InChI=1S/C21H28N2O4S/c1-5-6-17(4)22-21(24)14-27-19-9-11-20(12-10-19)28(25,26)23-18-8-7-15(2)16(3)13-18/h7-13,17,23H,5-6,14H2,1-4H3,(H,22,24)/t17-/m1/s1. The number of rotatable bonds is 9. The fourth-order valence-electron chi connectivity index (χ4n) is 2.70. The second-order valence-corrected chi connectivity index (χ2v) is 8.60. The van der Waals surface area contributed by atoms with Crippen LogP contribution in [0.5, 0.6) is 5.75 Å². The van der Waals surface area contributed by atoms with E-state index in [1.165, 1.54) is 24.3 Å². The monoisotopic (exact) mass is 404 g/mol. The predicted molar refractivity (Wildman–Crippen MR) is 111 cm³/mol. The quantitative estimate of drug-likeness (QED) is 0.666. The molecule has 0 aromatic heterocycles. The molecule has 1 amide bonds. The van der Waals surface area contributed by atoms with Gasteiger partial charge in [0, 0.05) is 11.7 Å². The minimum absolute atomic E-state index is 0.102. The molecule has 28 heavy (non-hydrogen) atoms. The Hall–Kier alpha value is -2.54. The molecule has 2 aromatic rings. The van der Waals surface area contributed by atoms with Gasteiger partial charge in [0.15, 0.2) is 6.61 Å². The third-order valence-electron chi connectivity index (χ3n) is 4.39. The number of aryl methyl sites for hydroxylation is 2. The van der Waals surface area contributed by atoms with Gasteiger partial charge in [0.2, 0.25) is 0 Å². The molecule has 152 valence electrons. The fraction of sp³-hybridized carbons (Fsp3) is 0.381. The van der Waals surface area contributed by atoms with Gasteiger partial charge in [-0.3, -0.25) is 9.52 Å². The van der Waals surface area contributed by atoms with Crippen molar-refractivity contribution in [2.45, 2.75) is 51.5 Å². The molecule has 7 heteroatoms. The summed E-state index contributed by atoms with van der Waals surface area (Å²) < 4.78 is 33.1. The van der Waals surface area contributed by atoms with Gasteiger partial charge in [-0.1, -0.05) is 19.4 Å². The van der Waals surface area contributed by atoms with Crippen molar-refractivity contribution in [3.63, 3.8) is 0 Å². The summed E-state index contributed by atoms with van der Waals surface area (Å²) in [5, 5.41) is 2.85. The second-order valence-electron chi connectivity index (χ2n) is 6.92. The van der Waals surface area contributed by atoms with Crippen LogP contribution in [0.2, 0.25) is 0 Å². The zero-order chi connectivity index (χ0) is 20.7. The summed E-state index contributed by atoms with van der Waals surface area (Å²) in [5.74, 6) is 0.234. The first-order chi connectivity index (χ1) is 13.2. The Labute approximate surface area is 167 Å². The first kappa shape index (κ1) is 21.8. The number of sulfonamides is 1. The molecule has 2 aromatic carbocycles.